The van der Waals surface area contributed by atoms with Gasteiger partial charge in [-0.2, -0.15) is 0 Å². The van der Waals surface area contributed by atoms with Gasteiger partial charge in [-0.25, -0.2) is 4.79 Å². The lowest BCUT2D eigenvalue weighted by Crippen LogP contribution is -2.45. The second kappa shape index (κ2) is 7.32. The quantitative estimate of drug-likeness (QED) is 0.558. The Bertz CT molecular complexity index is 1040. The fraction of sp³-hybridized carbons (Fsp3) is 0.208. The van der Waals surface area contributed by atoms with Gasteiger partial charge < -0.3 is 5.11 Å². The second-order valence-corrected chi connectivity index (χ2v) is 8.62. The third-order valence-corrected chi connectivity index (χ3v) is 5.81. The van der Waals surface area contributed by atoms with E-state index >= 15 is 0 Å². The van der Waals surface area contributed by atoms with Crippen LogP contribution in [0.4, 0.5) is 16.2 Å². The highest BCUT2D eigenvalue weighted by Crippen LogP contribution is 2.40. The Labute approximate surface area is 179 Å². The molecule has 4 rings (SSSR count). The predicted octanol–water partition coefficient (Wildman–Crippen LogP) is 5.67. The Balaban J connectivity index is 1.86. The van der Waals surface area contributed by atoms with Crippen molar-refractivity contribution in [1.82, 2.24) is 0 Å². The molecule has 0 radical (unpaired) electrons. The van der Waals surface area contributed by atoms with Crippen LogP contribution < -0.4 is 9.80 Å². The van der Waals surface area contributed by atoms with Crippen LogP contribution in [0.5, 0.6) is 0 Å². The van der Waals surface area contributed by atoms with Gasteiger partial charge in [0.2, 0.25) is 0 Å². The number of nitrogens with zero attached hydrogens (tertiary/aromatic N) is 2. The van der Waals surface area contributed by atoms with Crippen LogP contribution >= 0.6 is 15.9 Å². The number of urea groups is 1. The fourth-order valence-corrected chi connectivity index (χ4v) is 4.17. The molecule has 0 aliphatic carbocycles. The number of amides is 2. The van der Waals surface area contributed by atoms with E-state index in [0.29, 0.717) is 11.3 Å². The van der Waals surface area contributed by atoms with E-state index in [-0.39, 0.29) is 12.6 Å². The third-order valence-electron chi connectivity index (χ3n) is 5.29. The van der Waals surface area contributed by atoms with Crippen LogP contribution in [0.25, 0.3) is 0 Å². The fourth-order valence-electron chi connectivity index (χ4n) is 3.90. The number of halogens is 1. The topological polar surface area (TPSA) is 43.8 Å². The zero-order chi connectivity index (χ0) is 20.8. The smallest absolute Gasteiger partial charge is 0.331 e. The summed E-state index contributed by atoms with van der Waals surface area (Å²) in [5.74, 6) is 0. The molecular weight excluding hydrogens is 428 g/mol. The first-order valence-electron chi connectivity index (χ1n) is 9.53. The third kappa shape index (κ3) is 3.56. The average molecular weight is 451 g/mol. The number of β-amino-alcohol motifs (C(OH)–C–C–N with tert-alkyl or cyclic N) is 1. The Morgan fingerprint density at radius 1 is 0.828 bits per heavy atom. The molecule has 4 nitrogen and oxygen atoms in total. The minimum atomic E-state index is -1.48. The van der Waals surface area contributed by atoms with Gasteiger partial charge in [0.05, 0.1) is 6.54 Å². The van der Waals surface area contributed by atoms with Gasteiger partial charge in [-0.1, -0.05) is 63.0 Å². The maximum Gasteiger partial charge on any atom is 0.331 e. The normalized spacial score (nSPS) is 19.1. The number of carbonyl (C=O) groups excluding carboxylic acids is 1. The Hall–Kier alpha value is -2.63. The molecule has 5 heteroatoms. The van der Waals surface area contributed by atoms with Gasteiger partial charge in [0.15, 0.2) is 5.72 Å². The molecule has 0 saturated carbocycles. The minimum Gasteiger partial charge on any atom is -0.365 e. The van der Waals surface area contributed by atoms with E-state index in [9.17, 15) is 9.90 Å². The molecular formula is C24H23BrN2O2. The van der Waals surface area contributed by atoms with Crippen molar-refractivity contribution < 1.29 is 9.90 Å². The van der Waals surface area contributed by atoms with Crippen molar-refractivity contribution in [1.29, 1.82) is 0 Å². The van der Waals surface area contributed by atoms with Gasteiger partial charge in [0.1, 0.15) is 0 Å². The van der Waals surface area contributed by atoms with Crippen LogP contribution in [-0.2, 0) is 5.72 Å². The SMILES string of the molecule is Cc1ccc(N2CC(O)(c3cc(C)cc(C)c3)N(c3ccc(Br)cc3)C2=O)cc1. The summed E-state index contributed by atoms with van der Waals surface area (Å²) in [5.41, 5.74) is 3.86. The van der Waals surface area contributed by atoms with Gasteiger partial charge in [0.25, 0.3) is 0 Å². The van der Waals surface area contributed by atoms with E-state index in [4.69, 9.17) is 0 Å². The molecule has 0 spiro atoms. The molecule has 3 aromatic rings. The summed E-state index contributed by atoms with van der Waals surface area (Å²) < 4.78 is 0.915. The average Bonchev–Trinajstić information content (AvgIpc) is 2.95. The summed E-state index contributed by atoms with van der Waals surface area (Å²) in [5, 5.41) is 11.9. The molecule has 1 aliphatic rings. The lowest BCUT2D eigenvalue weighted by molar-refractivity contribution is 0.0654. The Morgan fingerprint density at radius 3 is 1.97 bits per heavy atom. The summed E-state index contributed by atoms with van der Waals surface area (Å²) in [7, 11) is 0. The highest BCUT2D eigenvalue weighted by molar-refractivity contribution is 9.10. The molecule has 1 fully saturated rings. The van der Waals surface area contributed by atoms with Gasteiger partial charge in [-0.05, 0) is 57.2 Å². The summed E-state index contributed by atoms with van der Waals surface area (Å²) >= 11 is 3.44. The molecule has 2 amide bonds. The van der Waals surface area contributed by atoms with Gasteiger partial charge in [-0.15, -0.1) is 0 Å². The number of anilines is 2. The van der Waals surface area contributed by atoms with E-state index < -0.39 is 5.72 Å². The van der Waals surface area contributed by atoms with Gasteiger partial charge >= 0.3 is 6.03 Å². The van der Waals surface area contributed by atoms with Crippen molar-refractivity contribution in [2.24, 2.45) is 0 Å². The summed E-state index contributed by atoms with van der Waals surface area (Å²) in [6.45, 7) is 6.15. The number of carbonyl (C=O) groups is 1. The van der Waals surface area contributed by atoms with Crippen LogP contribution in [0.2, 0.25) is 0 Å². The summed E-state index contributed by atoms with van der Waals surface area (Å²) in [6, 6.07) is 20.9. The predicted molar refractivity (Wildman–Crippen MR) is 120 cm³/mol. The summed E-state index contributed by atoms with van der Waals surface area (Å²) in [6.07, 6.45) is 0. The second-order valence-electron chi connectivity index (χ2n) is 7.71. The largest absolute Gasteiger partial charge is 0.365 e. The van der Waals surface area contributed by atoms with E-state index in [0.717, 1.165) is 26.9 Å². The molecule has 29 heavy (non-hydrogen) atoms. The molecule has 0 aromatic heterocycles. The maximum absolute atomic E-state index is 13.5. The number of hydrogen-bond donors (Lipinski definition) is 1. The van der Waals surface area contributed by atoms with Crippen molar-refractivity contribution in [3.63, 3.8) is 0 Å². The monoisotopic (exact) mass is 450 g/mol. The number of hydrogen-bond acceptors (Lipinski definition) is 2. The molecule has 1 saturated heterocycles. The van der Waals surface area contributed by atoms with Crippen molar-refractivity contribution in [3.8, 4) is 0 Å². The lowest BCUT2D eigenvalue weighted by atomic mass is 9.97. The highest BCUT2D eigenvalue weighted by Gasteiger charge is 2.51. The van der Waals surface area contributed by atoms with Crippen molar-refractivity contribution in [3.05, 3.63) is 93.5 Å². The highest BCUT2D eigenvalue weighted by atomic mass is 79.9. The molecule has 148 valence electrons. The molecule has 0 bridgehead atoms. The van der Waals surface area contributed by atoms with Gasteiger partial charge in [0, 0.05) is 21.4 Å². The zero-order valence-corrected chi connectivity index (χ0v) is 18.3. The first kappa shape index (κ1) is 19.7. The van der Waals surface area contributed by atoms with Gasteiger partial charge in [-0.3, -0.25) is 9.80 Å². The van der Waals surface area contributed by atoms with Crippen LogP contribution in [0.3, 0.4) is 0 Å². The number of aliphatic hydroxyl groups is 1. The molecule has 3 aromatic carbocycles. The molecule has 1 unspecified atom stereocenters. The van der Waals surface area contributed by atoms with Crippen LogP contribution in [-0.4, -0.2) is 17.7 Å². The molecule has 1 heterocycles. The summed E-state index contributed by atoms with van der Waals surface area (Å²) in [4.78, 5) is 16.6. The Morgan fingerprint density at radius 2 is 1.38 bits per heavy atom. The van der Waals surface area contributed by atoms with Crippen LogP contribution in [0, 0.1) is 20.8 Å². The first-order chi connectivity index (χ1) is 13.8. The van der Waals surface area contributed by atoms with Crippen LogP contribution in [0.15, 0.2) is 71.2 Å². The van der Waals surface area contributed by atoms with E-state index in [1.807, 2.05) is 81.4 Å². The number of benzene rings is 3. The lowest BCUT2D eigenvalue weighted by Gasteiger charge is -2.32. The van der Waals surface area contributed by atoms with Crippen molar-refractivity contribution >= 4 is 33.3 Å². The van der Waals surface area contributed by atoms with Crippen molar-refractivity contribution in [2.75, 3.05) is 16.3 Å². The number of aryl methyl sites for hydroxylation is 3. The molecule has 1 aliphatic heterocycles. The molecule has 1 atom stereocenters. The van der Waals surface area contributed by atoms with E-state index in [1.165, 1.54) is 4.90 Å². The van der Waals surface area contributed by atoms with E-state index in [2.05, 4.69) is 22.0 Å². The first-order valence-corrected chi connectivity index (χ1v) is 10.3. The number of rotatable bonds is 3. The molecule has 1 N–H and O–H groups in total. The van der Waals surface area contributed by atoms with Crippen molar-refractivity contribution in [2.45, 2.75) is 26.5 Å². The Kier molecular flexibility index (Phi) is 4.97. The van der Waals surface area contributed by atoms with Crippen LogP contribution in [0.1, 0.15) is 22.3 Å². The minimum absolute atomic E-state index is 0.147. The zero-order valence-electron chi connectivity index (χ0n) is 16.7. The maximum atomic E-state index is 13.5. The van der Waals surface area contributed by atoms with E-state index in [1.54, 1.807) is 4.90 Å². The standard InChI is InChI=1S/C24H23BrN2O2/c1-16-4-8-21(9-5-16)26-15-24(29,19-13-17(2)12-18(3)14-19)27(23(26)28)22-10-6-20(25)7-11-22/h4-14,29H,15H2,1-3H3.